The van der Waals surface area contributed by atoms with E-state index >= 15 is 0 Å². The Morgan fingerprint density at radius 1 is 1.31 bits per heavy atom. The highest BCUT2D eigenvalue weighted by Crippen LogP contribution is 2.20. The number of aryl methyl sites for hydroxylation is 2. The van der Waals surface area contributed by atoms with Gasteiger partial charge in [-0.2, -0.15) is 0 Å². The van der Waals surface area contributed by atoms with Gasteiger partial charge in [-0.05, 0) is 25.5 Å². The van der Waals surface area contributed by atoms with Crippen LogP contribution in [0.1, 0.15) is 22.2 Å². The third-order valence-electron chi connectivity index (χ3n) is 2.83. The minimum atomic E-state index is -0.429. The lowest BCUT2D eigenvalue weighted by molar-refractivity contribution is 0.0696. The summed E-state index contributed by atoms with van der Waals surface area (Å²) in [6.45, 7) is 7.52. The second kappa shape index (κ2) is 5.77. The molecule has 3 nitrogen and oxygen atoms in total. The smallest absolute Gasteiger partial charge is 0.0518 e. The van der Waals surface area contributed by atoms with Crippen LogP contribution >= 0.6 is 11.3 Å². The summed E-state index contributed by atoms with van der Waals surface area (Å²) in [5.41, 5.74) is 0.898. The van der Waals surface area contributed by atoms with E-state index in [1.54, 1.807) is 11.3 Å². The highest BCUT2D eigenvalue weighted by atomic mass is 32.1. The standard InChI is InChI=1S/C12H21NO2S/c1-9-4-11(16-10(9)2)5-13-6-12(3,7-14)8-15/h4,13-15H,5-8H2,1-3H3. The number of nitrogens with one attached hydrogen (secondary N) is 1. The summed E-state index contributed by atoms with van der Waals surface area (Å²) in [5, 5.41) is 21.5. The van der Waals surface area contributed by atoms with Gasteiger partial charge in [-0.1, -0.05) is 6.92 Å². The Kier molecular flexibility index (Phi) is 4.92. The van der Waals surface area contributed by atoms with Crippen LogP contribution < -0.4 is 5.32 Å². The molecular weight excluding hydrogens is 222 g/mol. The molecule has 0 radical (unpaired) electrons. The average Bonchev–Trinajstić information content (AvgIpc) is 2.58. The number of thiophene rings is 1. The number of aliphatic hydroxyl groups is 2. The van der Waals surface area contributed by atoms with Crippen LogP contribution in [0.15, 0.2) is 6.07 Å². The van der Waals surface area contributed by atoms with Gasteiger partial charge < -0.3 is 15.5 Å². The normalized spacial score (nSPS) is 12.1. The fourth-order valence-corrected chi connectivity index (χ4v) is 2.41. The van der Waals surface area contributed by atoms with Crippen molar-refractivity contribution in [3.8, 4) is 0 Å². The molecule has 0 aliphatic rings. The molecule has 0 fully saturated rings. The fraction of sp³-hybridized carbons (Fsp3) is 0.667. The Morgan fingerprint density at radius 2 is 1.94 bits per heavy atom. The molecule has 0 aliphatic carbocycles. The van der Waals surface area contributed by atoms with Crippen molar-refractivity contribution < 1.29 is 10.2 Å². The maximum Gasteiger partial charge on any atom is 0.0518 e. The number of hydrogen-bond donors (Lipinski definition) is 3. The molecule has 1 rings (SSSR count). The van der Waals surface area contributed by atoms with Crippen molar-refractivity contribution in [2.45, 2.75) is 27.3 Å². The molecule has 3 N–H and O–H groups in total. The summed E-state index contributed by atoms with van der Waals surface area (Å²) in [5.74, 6) is 0. The molecule has 1 heterocycles. The van der Waals surface area contributed by atoms with Gasteiger partial charge in [-0.25, -0.2) is 0 Å². The summed E-state index contributed by atoms with van der Waals surface area (Å²) < 4.78 is 0. The molecule has 92 valence electrons. The van der Waals surface area contributed by atoms with Crippen LogP contribution in [-0.2, 0) is 6.54 Å². The second-order valence-corrected chi connectivity index (χ2v) is 6.02. The van der Waals surface area contributed by atoms with Crippen LogP contribution in [-0.4, -0.2) is 30.0 Å². The molecule has 0 spiro atoms. The molecule has 0 unspecified atom stereocenters. The molecule has 0 bridgehead atoms. The van der Waals surface area contributed by atoms with Gasteiger partial charge in [0, 0.05) is 28.3 Å². The zero-order chi connectivity index (χ0) is 12.2. The molecular formula is C12H21NO2S. The molecule has 1 aromatic heterocycles. The van der Waals surface area contributed by atoms with Crippen molar-refractivity contribution in [3.05, 3.63) is 21.4 Å². The molecule has 0 aromatic carbocycles. The first-order valence-corrected chi connectivity index (χ1v) is 6.31. The van der Waals surface area contributed by atoms with Gasteiger partial charge in [0.1, 0.15) is 0 Å². The molecule has 16 heavy (non-hydrogen) atoms. The molecule has 1 aromatic rings. The van der Waals surface area contributed by atoms with Crippen LogP contribution in [0.5, 0.6) is 0 Å². The molecule has 0 atom stereocenters. The quantitative estimate of drug-likeness (QED) is 0.709. The van der Waals surface area contributed by atoms with Crippen molar-refractivity contribution in [1.82, 2.24) is 5.32 Å². The van der Waals surface area contributed by atoms with E-state index in [0.29, 0.717) is 6.54 Å². The number of rotatable bonds is 6. The summed E-state index contributed by atoms with van der Waals surface area (Å²) in [7, 11) is 0. The van der Waals surface area contributed by atoms with Gasteiger partial charge in [-0.3, -0.25) is 0 Å². The zero-order valence-corrected chi connectivity index (χ0v) is 11.0. The molecule has 0 amide bonds. The van der Waals surface area contributed by atoms with Crippen LogP contribution in [0.25, 0.3) is 0 Å². The van der Waals surface area contributed by atoms with Gasteiger partial charge in [-0.15, -0.1) is 11.3 Å². The fourth-order valence-electron chi connectivity index (χ4n) is 1.39. The van der Waals surface area contributed by atoms with Crippen LogP contribution in [0, 0.1) is 19.3 Å². The van der Waals surface area contributed by atoms with Crippen LogP contribution in [0.3, 0.4) is 0 Å². The Hall–Kier alpha value is -0.420. The van der Waals surface area contributed by atoms with Crippen LogP contribution in [0.2, 0.25) is 0 Å². The van der Waals surface area contributed by atoms with E-state index in [0.717, 1.165) is 6.54 Å². The lowest BCUT2D eigenvalue weighted by atomic mass is 9.93. The third-order valence-corrected chi connectivity index (χ3v) is 3.98. The first-order chi connectivity index (χ1) is 7.50. The first kappa shape index (κ1) is 13.6. The first-order valence-electron chi connectivity index (χ1n) is 5.49. The Morgan fingerprint density at radius 3 is 2.38 bits per heavy atom. The zero-order valence-electron chi connectivity index (χ0n) is 10.2. The lowest BCUT2D eigenvalue weighted by Crippen LogP contribution is -2.37. The van der Waals surface area contributed by atoms with E-state index in [1.165, 1.54) is 15.3 Å². The van der Waals surface area contributed by atoms with E-state index in [4.69, 9.17) is 10.2 Å². The largest absolute Gasteiger partial charge is 0.396 e. The van der Waals surface area contributed by atoms with Gasteiger partial charge in [0.2, 0.25) is 0 Å². The van der Waals surface area contributed by atoms with Gasteiger partial charge in [0.25, 0.3) is 0 Å². The second-order valence-electron chi connectivity index (χ2n) is 4.68. The van der Waals surface area contributed by atoms with Crippen molar-refractivity contribution in [2.24, 2.45) is 5.41 Å². The summed E-state index contributed by atoms with van der Waals surface area (Å²) in [6, 6.07) is 2.18. The highest BCUT2D eigenvalue weighted by Gasteiger charge is 2.21. The molecule has 0 saturated heterocycles. The van der Waals surface area contributed by atoms with Crippen molar-refractivity contribution >= 4 is 11.3 Å². The van der Waals surface area contributed by atoms with E-state index in [2.05, 4.69) is 25.2 Å². The van der Waals surface area contributed by atoms with Gasteiger partial charge in [0.05, 0.1) is 13.2 Å². The van der Waals surface area contributed by atoms with Gasteiger partial charge in [0.15, 0.2) is 0 Å². The maximum absolute atomic E-state index is 9.13. The Balaban J connectivity index is 2.41. The Labute approximate surface area is 101 Å². The van der Waals surface area contributed by atoms with Crippen molar-refractivity contribution in [1.29, 1.82) is 0 Å². The minimum Gasteiger partial charge on any atom is -0.396 e. The Bertz CT molecular complexity index is 312. The maximum atomic E-state index is 9.13. The summed E-state index contributed by atoms with van der Waals surface area (Å²) in [6.07, 6.45) is 0. The molecule has 0 aliphatic heterocycles. The average molecular weight is 243 g/mol. The van der Waals surface area contributed by atoms with E-state index in [-0.39, 0.29) is 13.2 Å². The van der Waals surface area contributed by atoms with E-state index in [9.17, 15) is 0 Å². The minimum absolute atomic E-state index is 0.000996. The number of hydrogen-bond acceptors (Lipinski definition) is 4. The lowest BCUT2D eigenvalue weighted by Gasteiger charge is -2.24. The van der Waals surface area contributed by atoms with E-state index < -0.39 is 5.41 Å². The SMILES string of the molecule is Cc1cc(CNCC(C)(CO)CO)sc1C. The molecule has 4 heteroatoms. The predicted octanol–water partition coefficient (Wildman–Crippen LogP) is 1.45. The van der Waals surface area contributed by atoms with Crippen LogP contribution in [0.4, 0.5) is 0 Å². The third kappa shape index (κ3) is 3.56. The molecule has 0 saturated carbocycles. The van der Waals surface area contributed by atoms with Gasteiger partial charge >= 0.3 is 0 Å². The monoisotopic (exact) mass is 243 g/mol. The number of aliphatic hydroxyl groups excluding tert-OH is 2. The predicted molar refractivity (Wildman–Crippen MR) is 67.8 cm³/mol. The highest BCUT2D eigenvalue weighted by molar-refractivity contribution is 7.12. The van der Waals surface area contributed by atoms with Crippen molar-refractivity contribution in [3.63, 3.8) is 0 Å². The summed E-state index contributed by atoms with van der Waals surface area (Å²) in [4.78, 5) is 2.65. The topological polar surface area (TPSA) is 52.5 Å². The van der Waals surface area contributed by atoms with E-state index in [1.807, 2.05) is 6.92 Å². The van der Waals surface area contributed by atoms with Crippen molar-refractivity contribution in [2.75, 3.05) is 19.8 Å². The summed E-state index contributed by atoms with van der Waals surface area (Å²) >= 11 is 1.79.